The Morgan fingerprint density at radius 1 is 1.30 bits per heavy atom. The molecule has 6 heteroatoms. The van der Waals surface area contributed by atoms with Crippen molar-refractivity contribution in [1.82, 2.24) is 15.5 Å². The van der Waals surface area contributed by atoms with Crippen LogP contribution in [0.25, 0.3) is 11.3 Å². The molecule has 20 heavy (non-hydrogen) atoms. The number of aromatic amines is 1. The number of benzene rings is 1. The van der Waals surface area contributed by atoms with Gasteiger partial charge in [-0.2, -0.15) is 5.10 Å². The predicted molar refractivity (Wildman–Crippen MR) is 81.3 cm³/mol. The molecule has 1 heterocycles. The van der Waals surface area contributed by atoms with Crippen molar-refractivity contribution in [1.29, 1.82) is 0 Å². The molecule has 4 nitrogen and oxygen atoms in total. The highest BCUT2D eigenvalue weighted by atomic mass is 35.5. The van der Waals surface area contributed by atoms with Gasteiger partial charge >= 0.3 is 0 Å². The van der Waals surface area contributed by atoms with Gasteiger partial charge in [-0.25, -0.2) is 0 Å². The largest absolute Gasteiger partial charge is 0.351 e. The van der Waals surface area contributed by atoms with Crippen molar-refractivity contribution in [2.45, 2.75) is 19.8 Å². The minimum atomic E-state index is -0.155. The summed E-state index contributed by atoms with van der Waals surface area (Å²) in [5.74, 6) is -0.155. The van der Waals surface area contributed by atoms with Crippen LogP contribution in [0.5, 0.6) is 0 Å². The Morgan fingerprint density at radius 3 is 2.80 bits per heavy atom. The number of unbranched alkanes of at least 4 members (excludes halogenated alkanes) is 1. The van der Waals surface area contributed by atoms with Crippen LogP contribution in [0.2, 0.25) is 10.0 Å². The Bertz CT molecular complexity index is 610. The number of rotatable bonds is 5. The standard InChI is InChI=1S/C14H15Cl2N3O/c1-2-3-6-17-14(20)13-8-12(18-19-13)9-4-5-10(15)11(16)7-9/h4-5,7-8H,2-3,6H2,1H3,(H,17,20)(H,18,19). The van der Waals surface area contributed by atoms with Crippen LogP contribution in [0, 0.1) is 0 Å². The van der Waals surface area contributed by atoms with E-state index >= 15 is 0 Å². The Labute approximate surface area is 127 Å². The third-order valence-corrected chi connectivity index (χ3v) is 3.59. The molecule has 0 saturated carbocycles. The lowest BCUT2D eigenvalue weighted by atomic mass is 10.1. The number of hydrogen-bond donors (Lipinski definition) is 2. The van der Waals surface area contributed by atoms with Gasteiger partial charge in [0.1, 0.15) is 5.69 Å². The molecule has 0 spiro atoms. The molecule has 0 aliphatic heterocycles. The number of nitrogens with one attached hydrogen (secondary N) is 2. The van der Waals surface area contributed by atoms with Crippen molar-refractivity contribution >= 4 is 29.1 Å². The Kier molecular flexibility index (Phi) is 5.04. The molecule has 2 N–H and O–H groups in total. The lowest BCUT2D eigenvalue weighted by molar-refractivity contribution is 0.0948. The van der Waals surface area contributed by atoms with Crippen LogP contribution in [0.1, 0.15) is 30.3 Å². The molecule has 0 saturated heterocycles. The molecule has 0 aliphatic carbocycles. The highest BCUT2D eigenvalue weighted by Crippen LogP contribution is 2.27. The third kappa shape index (κ3) is 3.52. The van der Waals surface area contributed by atoms with Crippen molar-refractivity contribution in [2.75, 3.05) is 6.54 Å². The summed E-state index contributed by atoms with van der Waals surface area (Å²) in [7, 11) is 0. The Morgan fingerprint density at radius 2 is 2.10 bits per heavy atom. The van der Waals surface area contributed by atoms with Gasteiger partial charge in [0, 0.05) is 12.1 Å². The van der Waals surface area contributed by atoms with Gasteiger partial charge in [0.25, 0.3) is 5.91 Å². The van der Waals surface area contributed by atoms with Crippen molar-refractivity contribution in [3.8, 4) is 11.3 Å². The van der Waals surface area contributed by atoms with E-state index in [0.29, 0.717) is 28.0 Å². The second-order valence-corrected chi connectivity index (χ2v) is 5.22. The van der Waals surface area contributed by atoms with E-state index in [1.165, 1.54) is 0 Å². The quantitative estimate of drug-likeness (QED) is 0.822. The first-order valence-corrected chi connectivity index (χ1v) is 7.16. The van der Waals surface area contributed by atoms with Gasteiger partial charge in [0.2, 0.25) is 0 Å². The smallest absolute Gasteiger partial charge is 0.269 e. The molecule has 1 amide bonds. The lowest BCUT2D eigenvalue weighted by Gasteiger charge is -2.01. The van der Waals surface area contributed by atoms with Gasteiger partial charge in [-0.3, -0.25) is 9.89 Å². The van der Waals surface area contributed by atoms with Gasteiger partial charge in [-0.1, -0.05) is 42.6 Å². The summed E-state index contributed by atoms with van der Waals surface area (Å²) >= 11 is 11.8. The topological polar surface area (TPSA) is 57.8 Å². The highest BCUT2D eigenvalue weighted by molar-refractivity contribution is 6.42. The van der Waals surface area contributed by atoms with E-state index < -0.39 is 0 Å². The first kappa shape index (κ1) is 14.9. The number of carbonyl (C=O) groups is 1. The van der Waals surface area contributed by atoms with E-state index in [2.05, 4.69) is 22.4 Å². The number of aromatic nitrogens is 2. The number of carbonyl (C=O) groups excluding carboxylic acids is 1. The molecule has 2 aromatic rings. The summed E-state index contributed by atoms with van der Waals surface area (Å²) in [5, 5.41) is 10.6. The van der Waals surface area contributed by atoms with Crippen molar-refractivity contribution in [2.24, 2.45) is 0 Å². The predicted octanol–water partition coefficient (Wildman–Crippen LogP) is 3.91. The van der Waals surface area contributed by atoms with Gasteiger partial charge in [0.05, 0.1) is 15.7 Å². The number of nitrogens with zero attached hydrogens (tertiary/aromatic N) is 1. The fourth-order valence-corrected chi connectivity index (χ4v) is 2.01. The Hall–Kier alpha value is -1.52. The SMILES string of the molecule is CCCCNC(=O)c1cc(-c2ccc(Cl)c(Cl)c2)n[nH]1. The van der Waals surface area contributed by atoms with E-state index in [1.54, 1.807) is 18.2 Å². The number of amides is 1. The summed E-state index contributed by atoms with van der Waals surface area (Å²) in [5.41, 5.74) is 1.90. The summed E-state index contributed by atoms with van der Waals surface area (Å²) < 4.78 is 0. The minimum absolute atomic E-state index is 0.155. The fourth-order valence-electron chi connectivity index (χ4n) is 1.72. The summed E-state index contributed by atoms with van der Waals surface area (Å²) in [6.07, 6.45) is 2.00. The van der Waals surface area contributed by atoms with Crippen molar-refractivity contribution in [3.63, 3.8) is 0 Å². The normalized spacial score (nSPS) is 10.6. The summed E-state index contributed by atoms with van der Waals surface area (Å²) in [4.78, 5) is 11.9. The molecule has 0 radical (unpaired) electrons. The van der Waals surface area contributed by atoms with E-state index in [1.807, 2.05) is 6.07 Å². The second-order valence-electron chi connectivity index (χ2n) is 4.41. The molecule has 2 rings (SSSR count). The fraction of sp³-hybridized carbons (Fsp3) is 0.286. The number of halogens is 2. The average Bonchev–Trinajstić information content (AvgIpc) is 2.92. The summed E-state index contributed by atoms with van der Waals surface area (Å²) in [6.45, 7) is 2.74. The van der Waals surface area contributed by atoms with Crippen LogP contribution < -0.4 is 5.32 Å². The molecule has 1 aromatic carbocycles. The molecular formula is C14H15Cl2N3O. The lowest BCUT2D eigenvalue weighted by Crippen LogP contribution is -2.24. The molecule has 0 atom stereocenters. The molecular weight excluding hydrogens is 297 g/mol. The highest BCUT2D eigenvalue weighted by Gasteiger charge is 2.11. The number of H-pyrrole nitrogens is 1. The zero-order valence-corrected chi connectivity index (χ0v) is 12.6. The van der Waals surface area contributed by atoms with Crippen LogP contribution in [0.15, 0.2) is 24.3 Å². The second kappa shape index (κ2) is 6.77. The van der Waals surface area contributed by atoms with Gasteiger partial charge < -0.3 is 5.32 Å². The van der Waals surface area contributed by atoms with E-state index in [-0.39, 0.29) is 5.91 Å². The van der Waals surface area contributed by atoms with Crippen molar-refractivity contribution in [3.05, 3.63) is 40.0 Å². The van der Waals surface area contributed by atoms with Gasteiger partial charge in [0.15, 0.2) is 0 Å². The molecule has 106 valence electrons. The van der Waals surface area contributed by atoms with E-state index in [0.717, 1.165) is 18.4 Å². The number of hydrogen-bond acceptors (Lipinski definition) is 2. The Balaban J connectivity index is 2.12. The maximum atomic E-state index is 11.9. The summed E-state index contributed by atoms with van der Waals surface area (Å²) in [6, 6.07) is 6.93. The molecule has 0 unspecified atom stereocenters. The van der Waals surface area contributed by atoms with E-state index in [4.69, 9.17) is 23.2 Å². The first-order chi connectivity index (χ1) is 9.61. The minimum Gasteiger partial charge on any atom is -0.351 e. The van der Waals surface area contributed by atoms with E-state index in [9.17, 15) is 4.79 Å². The monoisotopic (exact) mass is 311 g/mol. The zero-order valence-electron chi connectivity index (χ0n) is 11.0. The maximum absolute atomic E-state index is 11.9. The molecule has 0 fully saturated rings. The van der Waals surface area contributed by atoms with Crippen LogP contribution in [-0.2, 0) is 0 Å². The average molecular weight is 312 g/mol. The zero-order chi connectivity index (χ0) is 14.5. The van der Waals surface area contributed by atoms with Crippen LogP contribution in [0.4, 0.5) is 0 Å². The third-order valence-electron chi connectivity index (χ3n) is 2.85. The molecule has 0 bridgehead atoms. The van der Waals surface area contributed by atoms with Gasteiger partial charge in [-0.15, -0.1) is 0 Å². The van der Waals surface area contributed by atoms with Crippen LogP contribution in [-0.4, -0.2) is 22.6 Å². The van der Waals surface area contributed by atoms with Crippen molar-refractivity contribution < 1.29 is 4.79 Å². The first-order valence-electron chi connectivity index (χ1n) is 6.41. The van der Waals surface area contributed by atoms with Crippen LogP contribution in [0.3, 0.4) is 0 Å². The molecule has 1 aromatic heterocycles. The van der Waals surface area contributed by atoms with Gasteiger partial charge in [-0.05, 0) is 24.6 Å². The maximum Gasteiger partial charge on any atom is 0.269 e. The molecule has 0 aliphatic rings. The van der Waals surface area contributed by atoms with Crippen LogP contribution >= 0.6 is 23.2 Å².